The van der Waals surface area contributed by atoms with Gasteiger partial charge in [0.05, 0.1) is 5.56 Å². The van der Waals surface area contributed by atoms with E-state index in [1.807, 2.05) is 48.5 Å². The molecule has 1 aliphatic rings. The van der Waals surface area contributed by atoms with Gasteiger partial charge in [-0.3, -0.25) is 4.79 Å². The second-order valence-electron chi connectivity index (χ2n) is 7.38. The average Bonchev–Trinajstić information content (AvgIpc) is 2.95. The minimum Gasteiger partial charge on any atom is -0.489 e. The Morgan fingerprint density at radius 3 is 2.37 bits per heavy atom. The van der Waals surface area contributed by atoms with Crippen molar-refractivity contribution >= 4 is 22.8 Å². The van der Waals surface area contributed by atoms with Crippen LogP contribution < -0.4 is 4.74 Å². The monoisotopic (exact) mass is 407 g/mol. The first-order valence-corrected chi connectivity index (χ1v) is 10.4. The van der Waals surface area contributed by atoms with Crippen molar-refractivity contribution in [2.75, 3.05) is 19.7 Å². The first-order valence-electron chi connectivity index (χ1n) is 10.4. The Bertz CT molecular complexity index is 1000. The van der Waals surface area contributed by atoms with Crippen LogP contribution in [0.25, 0.3) is 11.0 Å². The molecule has 2 heterocycles. The maximum absolute atomic E-state index is 12.8. The summed E-state index contributed by atoms with van der Waals surface area (Å²) in [5, 5.41) is 0.791. The molecule has 0 atom stereocenters. The van der Waals surface area contributed by atoms with E-state index < -0.39 is 5.97 Å². The summed E-state index contributed by atoms with van der Waals surface area (Å²) in [4.78, 5) is 27.0. The number of likely N-dealkylation sites (tertiary alicyclic amines) is 1. The molecule has 1 aromatic heterocycles. The summed E-state index contributed by atoms with van der Waals surface area (Å²) >= 11 is 0. The summed E-state index contributed by atoms with van der Waals surface area (Å²) in [5.41, 5.74) is 1.19. The van der Waals surface area contributed by atoms with Gasteiger partial charge >= 0.3 is 5.97 Å². The lowest BCUT2D eigenvalue weighted by Gasteiger charge is -2.19. The van der Waals surface area contributed by atoms with Gasteiger partial charge in [-0.05, 0) is 31.0 Å². The van der Waals surface area contributed by atoms with Crippen molar-refractivity contribution in [1.29, 1.82) is 0 Å². The van der Waals surface area contributed by atoms with Gasteiger partial charge in [-0.1, -0.05) is 49.2 Å². The van der Waals surface area contributed by atoms with E-state index in [4.69, 9.17) is 13.9 Å². The fourth-order valence-corrected chi connectivity index (χ4v) is 3.68. The molecule has 0 unspecified atom stereocenters. The lowest BCUT2D eigenvalue weighted by molar-refractivity contribution is -0.134. The molecule has 156 valence electrons. The highest BCUT2D eigenvalue weighted by atomic mass is 16.5. The Labute approximate surface area is 175 Å². The third kappa shape index (κ3) is 4.64. The molecule has 1 saturated heterocycles. The average molecular weight is 407 g/mol. The van der Waals surface area contributed by atoms with Gasteiger partial charge < -0.3 is 18.8 Å². The number of esters is 1. The van der Waals surface area contributed by atoms with Crippen molar-refractivity contribution in [2.24, 2.45) is 0 Å². The third-order valence-corrected chi connectivity index (χ3v) is 5.30. The summed E-state index contributed by atoms with van der Waals surface area (Å²) in [6.45, 7) is 1.31. The summed E-state index contributed by atoms with van der Waals surface area (Å²) < 4.78 is 16.9. The Kier molecular flexibility index (Phi) is 6.32. The molecule has 3 aromatic rings. The van der Waals surface area contributed by atoms with Gasteiger partial charge in [0.1, 0.15) is 17.9 Å². The Hall–Kier alpha value is -3.28. The molecule has 1 aliphatic heterocycles. The molecule has 0 N–H and O–H groups in total. The van der Waals surface area contributed by atoms with Crippen molar-refractivity contribution in [3.63, 3.8) is 0 Å². The molecule has 30 heavy (non-hydrogen) atoms. The zero-order valence-electron chi connectivity index (χ0n) is 16.8. The van der Waals surface area contributed by atoms with Gasteiger partial charge in [0.2, 0.25) is 5.76 Å². The highest BCUT2D eigenvalue weighted by molar-refractivity contribution is 5.96. The van der Waals surface area contributed by atoms with Crippen molar-refractivity contribution in [3.8, 4) is 5.75 Å². The van der Waals surface area contributed by atoms with Gasteiger partial charge in [0.25, 0.3) is 5.91 Å². The molecule has 0 aliphatic carbocycles. The largest absolute Gasteiger partial charge is 0.489 e. The van der Waals surface area contributed by atoms with Gasteiger partial charge in [-0.25, -0.2) is 4.79 Å². The molecule has 6 heteroatoms. The maximum Gasteiger partial charge on any atom is 0.375 e. The van der Waals surface area contributed by atoms with Crippen LogP contribution in [0.3, 0.4) is 0 Å². The Morgan fingerprint density at radius 2 is 1.60 bits per heavy atom. The molecule has 0 saturated carbocycles. The van der Waals surface area contributed by atoms with Crippen LogP contribution in [-0.2, 0) is 16.1 Å². The van der Waals surface area contributed by atoms with Gasteiger partial charge in [0, 0.05) is 18.5 Å². The quantitative estimate of drug-likeness (QED) is 0.560. The number of carbonyl (C=O) groups is 2. The molecule has 0 spiro atoms. The standard InChI is InChI=1S/C24H25NO5/c26-22(25-14-8-1-2-9-15-25)17-29-24(27)23-20(16-28-18-10-4-3-5-11-18)19-12-6-7-13-21(19)30-23/h3-7,10-13H,1-2,8-9,14-17H2. The van der Waals surface area contributed by atoms with E-state index in [0.717, 1.165) is 44.2 Å². The minimum absolute atomic E-state index is 0.0794. The second kappa shape index (κ2) is 9.48. The fraction of sp³-hybridized carbons (Fsp3) is 0.333. The van der Waals surface area contributed by atoms with E-state index in [9.17, 15) is 9.59 Å². The summed E-state index contributed by atoms with van der Waals surface area (Å²) in [6.07, 6.45) is 4.25. The number of hydrogen-bond donors (Lipinski definition) is 0. The van der Waals surface area contributed by atoms with E-state index in [2.05, 4.69) is 0 Å². The highest BCUT2D eigenvalue weighted by Crippen LogP contribution is 2.28. The molecule has 0 bridgehead atoms. The smallest absolute Gasteiger partial charge is 0.375 e. The second-order valence-corrected chi connectivity index (χ2v) is 7.38. The number of para-hydroxylation sites is 2. The Balaban J connectivity index is 1.48. The molecular formula is C24H25NO5. The van der Waals surface area contributed by atoms with Crippen molar-refractivity contribution in [1.82, 2.24) is 4.90 Å². The van der Waals surface area contributed by atoms with Crippen LogP contribution in [-0.4, -0.2) is 36.5 Å². The van der Waals surface area contributed by atoms with E-state index >= 15 is 0 Å². The zero-order valence-corrected chi connectivity index (χ0v) is 16.8. The lowest BCUT2D eigenvalue weighted by Crippen LogP contribution is -2.35. The Morgan fingerprint density at radius 1 is 0.900 bits per heavy atom. The number of nitrogens with zero attached hydrogens (tertiary/aromatic N) is 1. The van der Waals surface area contributed by atoms with Crippen LogP contribution in [0.1, 0.15) is 41.8 Å². The molecular weight excluding hydrogens is 382 g/mol. The third-order valence-electron chi connectivity index (χ3n) is 5.30. The predicted octanol–water partition coefficient (Wildman–Crippen LogP) is 4.57. The minimum atomic E-state index is -0.652. The first-order chi connectivity index (χ1) is 14.7. The van der Waals surface area contributed by atoms with Crippen LogP contribution in [0.15, 0.2) is 59.0 Å². The lowest BCUT2D eigenvalue weighted by atomic mass is 10.1. The normalized spacial score (nSPS) is 14.3. The highest BCUT2D eigenvalue weighted by Gasteiger charge is 2.24. The molecule has 4 rings (SSSR count). The topological polar surface area (TPSA) is 69.0 Å². The van der Waals surface area contributed by atoms with Crippen LogP contribution in [0, 0.1) is 0 Å². The summed E-state index contributed by atoms with van der Waals surface area (Å²) in [7, 11) is 0. The van der Waals surface area contributed by atoms with Crippen molar-refractivity contribution in [3.05, 3.63) is 65.9 Å². The van der Waals surface area contributed by atoms with Crippen molar-refractivity contribution < 1.29 is 23.5 Å². The van der Waals surface area contributed by atoms with Gasteiger partial charge in [-0.15, -0.1) is 0 Å². The number of furan rings is 1. The number of fused-ring (bicyclic) bond motifs is 1. The van der Waals surface area contributed by atoms with Gasteiger partial charge in [0.15, 0.2) is 6.61 Å². The zero-order chi connectivity index (χ0) is 20.8. The number of rotatable bonds is 6. The van der Waals surface area contributed by atoms with E-state index in [1.165, 1.54) is 0 Å². The molecule has 0 radical (unpaired) electrons. The number of amides is 1. The van der Waals surface area contributed by atoms with Crippen LogP contribution in [0.5, 0.6) is 5.75 Å². The first kappa shape index (κ1) is 20.0. The number of hydrogen-bond acceptors (Lipinski definition) is 5. The number of benzene rings is 2. The number of carbonyl (C=O) groups excluding carboxylic acids is 2. The number of ether oxygens (including phenoxy) is 2. The van der Waals surface area contributed by atoms with E-state index in [-0.39, 0.29) is 24.9 Å². The fourth-order valence-electron chi connectivity index (χ4n) is 3.68. The summed E-state index contributed by atoms with van der Waals surface area (Å²) in [6, 6.07) is 16.7. The van der Waals surface area contributed by atoms with E-state index in [1.54, 1.807) is 11.0 Å². The van der Waals surface area contributed by atoms with Gasteiger partial charge in [-0.2, -0.15) is 0 Å². The SMILES string of the molecule is O=C(OCC(=O)N1CCCCCC1)c1oc2ccccc2c1COc1ccccc1. The van der Waals surface area contributed by atoms with Crippen LogP contribution in [0.2, 0.25) is 0 Å². The predicted molar refractivity (Wildman–Crippen MR) is 112 cm³/mol. The van der Waals surface area contributed by atoms with E-state index in [0.29, 0.717) is 16.9 Å². The summed E-state index contributed by atoms with van der Waals surface area (Å²) in [5.74, 6) is -0.0429. The van der Waals surface area contributed by atoms with Crippen LogP contribution in [0.4, 0.5) is 0 Å². The van der Waals surface area contributed by atoms with Crippen molar-refractivity contribution in [2.45, 2.75) is 32.3 Å². The maximum atomic E-state index is 12.8. The molecule has 1 fully saturated rings. The molecule has 6 nitrogen and oxygen atoms in total. The van der Waals surface area contributed by atoms with Crippen LogP contribution >= 0.6 is 0 Å². The molecule has 2 aromatic carbocycles. The molecule has 1 amide bonds.